The second kappa shape index (κ2) is 5.75. The maximum atomic E-state index is 12.9. The molecule has 0 bridgehead atoms. The molecule has 106 valence electrons. The molecule has 1 aromatic heterocycles. The number of rotatable bonds is 3. The van der Waals surface area contributed by atoms with Gasteiger partial charge in [-0.05, 0) is 12.1 Å². The van der Waals surface area contributed by atoms with Gasteiger partial charge in [0, 0.05) is 32.9 Å². The highest BCUT2D eigenvalue weighted by atomic mass is 19.4. The predicted molar refractivity (Wildman–Crippen MR) is 65.1 cm³/mol. The van der Waals surface area contributed by atoms with E-state index in [2.05, 4.69) is 10.3 Å². The number of morpholine rings is 1. The van der Waals surface area contributed by atoms with E-state index in [9.17, 15) is 13.2 Å². The Kier molecular flexibility index (Phi) is 4.26. The minimum absolute atomic E-state index is 0.0656. The summed E-state index contributed by atoms with van der Waals surface area (Å²) in [4.78, 5) is 5.33. The summed E-state index contributed by atoms with van der Waals surface area (Å²) in [6.07, 6.45) is -3.16. The van der Waals surface area contributed by atoms with Crippen molar-refractivity contribution in [1.29, 1.82) is 0 Å². The summed E-state index contributed by atoms with van der Waals surface area (Å²) in [5, 5.41) is 3.14. The minimum Gasteiger partial charge on any atom is -0.374 e. The molecule has 0 aliphatic carbocycles. The molecule has 2 heterocycles. The zero-order valence-electron chi connectivity index (χ0n) is 10.6. The van der Waals surface area contributed by atoms with Crippen LogP contribution in [0.15, 0.2) is 18.3 Å². The zero-order chi connectivity index (χ0) is 13.9. The molecule has 7 heteroatoms. The summed E-state index contributed by atoms with van der Waals surface area (Å²) in [5.41, 5.74) is -0.721. The molecule has 19 heavy (non-hydrogen) atoms. The standard InChI is InChI=1S/C12H16F3N3O/c1-18(8-9-7-16-5-6-19-9)11-10(12(13,14)15)3-2-4-17-11/h2-4,9,16H,5-8H2,1H3. The van der Waals surface area contributed by atoms with E-state index in [1.807, 2.05) is 0 Å². The van der Waals surface area contributed by atoms with E-state index in [4.69, 9.17) is 4.74 Å². The van der Waals surface area contributed by atoms with Crippen LogP contribution in [0.4, 0.5) is 19.0 Å². The molecule has 1 unspecified atom stereocenters. The van der Waals surface area contributed by atoms with Gasteiger partial charge in [0.05, 0.1) is 18.3 Å². The zero-order valence-corrected chi connectivity index (χ0v) is 10.6. The minimum atomic E-state index is -4.40. The normalized spacial score (nSPS) is 20.3. The van der Waals surface area contributed by atoms with Crippen molar-refractivity contribution in [3.8, 4) is 0 Å². The van der Waals surface area contributed by atoms with Crippen molar-refractivity contribution in [2.45, 2.75) is 12.3 Å². The Morgan fingerprint density at radius 1 is 1.53 bits per heavy atom. The number of aromatic nitrogens is 1. The first kappa shape index (κ1) is 14.1. The lowest BCUT2D eigenvalue weighted by Gasteiger charge is -2.29. The fourth-order valence-corrected chi connectivity index (χ4v) is 2.05. The molecule has 0 aromatic carbocycles. The lowest BCUT2D eigenvalue weighted by Crippen LogP contribution is -2.44. The van der Waals surface area contributed by atoms with Crippen LogP contribution in [0.25, 0.3) is 0 Å². The summed E-state index contributed by atoms with van der Waals surface area (Å²) in [6, 6.07) is 2.33. The highest BCUT2D eigenvalue weighted by Gasteiger charge is 2.35. The molecule has 4 nitrogen and oxygen atoms in total. The third-order valence-corrected chi connectivity index (χ3v) is 2.94. The molecule has 2 rings (SSSR count). The number of hydrogen-bond acceptors (Lipinski definition) is 4. The van der Waals surface area contributed by atoms with Gasteiger partial charge < -0.3 is 15.0 Å². The first-order valence-electron chi connectivity index (χ1n) is 6.04. The number of pyridine rings is 1. The third kappa shape index (κ3) is 3.57. The highest BCUT2D eigenvalue weighted by molar-refractivity contribution is 5.47. The van der Waals surface area contributed by atoms with Gasteiger partial charge in [0.2, 0.25) is 0 Å². The fraction of sp³-hybridized carbons (Fsp3) is 0.583. The Labute approximate surface area is 109 Å². The Bertz CT molecular complexity index is 419. The smallest absolute Gasteiger partial charge is 0.374 e. The second-order valence-electron chi connectivity index (χ2n) is 4.45. The number of anilines is 1. The monoisotopic (exact) mass is 275 g/mol. The summed E-state index contributed by atoms with van der Waals surface area (Å²) < 4.78 is 44.1. The molecule has 1 aliphatic rings. The van der Waals surface area contributed by atoms with Gasteiger partial charge in [0.25, 0.3) is 0 Å². The molecule has 0 saturated carbocycles. The van der Waals surface area contributed by atoms with E-state index in [1.54, 1.807) is 7.05 Å². The molecular weight excluding hydrogens is 259 g/mol. The topological polar surface area (TPSA) is 37.4 Å². The molecule has 0 radical (unpaired) electrons. The number of nitrogens with one attached hydrogen (secondary N) is 1. The van der Waals surface area contributed by atoms with Gasteiger partial charge in [-0.3, -0.25) is 0 Å². The van der Waals surface area contributed by atoms with E-state index in [1.165, 1.54) is 17.2 Å². The largest absolute Gasteiger partial charge is 0.419 e. The van der Waals surface area contributed by atoms with Crippen LogP contribution in [0.1, 0.15) is 5.56 Å². The molecule has 1 fully saturated rings. The van der Waals surface area contributed by atoms with Gasteiger partial charge in [-0.25, -0.2) is 4.98 Å². The van der Waals surface area contributed by atoms with Crippen LogP contribution in [0.2, 0.25) is 0 Å². The molecule has 1 N–H and O–H groups in total. The van der Waals surface area contributed by atoms with Gasteiger partial charge in [0.15, 0.2) is 0 Å². The first-order chi connectivity index (χ1) is 8.98. The number of halogens is 3. The van der Waals surface area contributed by atoms with Gasteiger partial charge in [-0.15, -0.1) is 0 Å². The molecule has 1 aromatic rings. The predicted octanol–water partition coefficient (Wildman–Crippen LogP) is 1.52. The van der Waals surface area contributed by atoms with E-state index in [0.29, 0.717) is 19.7 Å². The van der Waals surface area contributed by atoms with Crippen LogP contribution in [-0.2, 0) is 10.9 Å². The van der Waals surface area contributed by atoms with Crippen molar-refractivity contribution < 1.29 is 17.9 Å². The quantitative estimate of drug-likeness (QED) is 0.907. The summed E-state index contributed by atoms with van der Waals surface area (Å²) in [7, 11) is 1.59. The van der Waals surface area contributed by atoms with Crippen molar-refractivity contribution >= 4 is 5.82 Å². The Morgan fingerprint density at radius 2 is 2.32 bits per heavy atom. The van der Waals surface area contributed by atoms with Crippen molar-refractivity contribution in [2.24, 2.45) is 0 Å². The van der Waals surface area contributed by atoms with Crippen LogP contribution in [0.5, 0.6) is 0 Å². The molecule has 1 aliphatic heterocycles. The maximum absolute atomic E-state index is 12.9. The van der Waals surface area contributed by atoms with E-state index < -0.39 is 11.7 Å². The Balaban J connectivity index is 2.12. The highest BCUT2D eigenvalue weighted by Crippen LogP contribution is 2.34. The van der Waals surface area contributed by atoms with Crippen LogP contribution < -0.4 is 10.2 Å². The lowest BCUT2D eigenvalue weighted by atomic mass is 10.2. The number of nitrogens with zero attached hydrogens (tertiary/aromatic N) is 2. The number of likely N-dealkylation sites (N-methyl/N-ethyl adjacent to an activating group) is 1. The van der Waals surface area contributed by atoms with Crippen LogP contribution in [0.3, 0.4) is 0 Å². The first-order valence-corrected chi connectivity index (χ1v) is 6.04. The van der Waals surface area contributed by atoms with Crippen LogP contribution >= 0.6 is 0 Å². The Morgan fingerprint density at radius 3 is 2.95 bits per heavy atom. The van der Waals surface area contributed by atoms with Crippen LogP contribution in [0, 0.1) is 0 Å². The van der Waals surface area contributed by atoms with Gasteiger partial charge >= 0.3 is 6.18 Å². The molecular formula is C12H16F3N3O. The summed E-state index contributed by atoms with van der Waals surface area (Å²) in [6.45, 7) is 2.36. The van der Waals surface area contributed by atoms with E-state index >= 15 is 0 Å². The second-order valence-corrected chi connectivity index (χ2v) is 4.45. The third-order valence-electron chi connectivity index (χ3n) is 2.94. The van der Waals surface area contributed by atoms with Crippen molar-refractivity contribution in [2.75, 3.05) is 38.2 Å². The van der Waals surface area contributed by atoms with E-state index in [0.717, 1.165) is 12.6 Å². The molecule has 1 saturated heterocycles. The number of ether oxygens (including phenoxy) is 1. The number of alkyl halides is 3. The lowest BCUT2D eigenvalue weighted by molar-refractivity contribution is -0.137. The SMILES string of the molecule is CN(CC1CNCCO1)c1ncccc1C(F)(F)F. The van der Waals surface area contributed by atoms with Crippen molar-refractivity contribution in [3.05, 3.63) is 23.9 Å². The molecule has 0 amide bonds. The van der Waals surface area contributed by atoms with E-state index in [-0.39, 0.29) is 11.9 Å². The maximum Gasteiger partial charge on any atom is 0.419 e. The average Bonchev–Trinajstić information content (AvgIpc) is 2.39. The molecule has 0 spiro atoms. The molecule has 1 atom stereocenters. The van der Waals surface area contributed by atoms with Crippen molar-refractivity contribution in [1.82, 2.24) is 10.3 Å². The van der Waals surface area contributed by atoms with Gasteiger partial charge in [-0.1, -0.05) is 0 Å². The number of hydrogen-bond donors (Lipinski definition) is 1. The summed E-state index contributed by atoms with van der Waals surface area (Å²) >= 11 is 0. The van der Waals surface area contributed by atoms with Gasteiger partial charge in [-0.2, -0.15) is 13.2 Å². The van der Waals surface area contributed by atoms with Crippen LogP contribution in [-0.4, -0.2) is 44.4 Å². The fourth-order valence-electron chi connectivity index (χ4n) is 2.05. The van der Waals surface area contributed by atoms with Gasteiger partial charge in [0.1, 0.15) is 5.82 Å². The Hall–Kier alpha value is -1.34. The van der Waals surface area contributed by atoms with Crippen molar-refractivity contribution in [3.63, 3.8) is 0 Å². The average molecular weight is 275 g/mol. The summed E-state index contributed by atoms with van der Waals surface area (Å²) in [5.74, 6) is -0.0656.